The number of nitrogens with one attached hydrogen (secondary N) is 1. The summed E-state index contributed by atoms with van der Waals surface area (Å²) in [4.78, 5) is 22.1. The maximum atomic E-state index is 11.6. The second-order valence-electron chi connectivity index (χ2n) is 4.31. The average Bonchev–Trinajstić information content (AvgIpc) is 2.38. The first-order chi connectivity index (χ1) is 8.66. The molecule has 0 unspecified atom stereocenters. The van der Waals surface area contributed by atoms with Crippen molar-refractivity contribution in [2.24, 2.45) is 0 Å². The van der Waals surface area contributed by atoms with Crippen molar-refractivity contribution >= 4 is 17.4 Å². The molecule has 0 spiro atoms. The van der Waals surface area contributed by atoms with Crippen molar-refractivity contribution in [1.29, 1.82) is 0 Å². The molecule has 1 N–H and O–H groups in total. The van der Waals surface area contributed by atoms with Gasteiger partial charge in [0.1, 0.15) is 0 Å². The summed E-state index contributed by atoms with van der Waals surface area (Å²) in [6.45, 7) is 0. The van der Waals surface area contributed by atoms with Gasteiger partial charge in [0.15, 0.2) is 5.78 Å². The lowest BCUT2D eigenvalue weighted by Gasteiger charge is -2.13. The van der Waals surface area contributed by atoms with Crippen LogP contribution in [-0.4, -0.2) is 11.8 Å². The Hall–Kier alpha value is -2.10. The highest BCUT2D eigenvalue weighted by atomic mass is 16.4. The molecule has 1 saturated carbocycles. The van der Waals surface area contributed by atoms with Gasteiger partial charge in [-0.15, -0.1) is 0 Å². The first-order valence-corrected chi connectivity index (χ1v) is 5.97. The van der Waals surface area contributed by atoms with E-state index in [2.05, 4.69) is 5.32 Å². The molecule has 0 radical (unpaired) electrons. The summed E-state index contributed by atoms with van der Waals surface area (Å²) < 4.78 is 0. The van der Waals surface area contributed by atoms with Crippen LogP contribution >= 0.6 is 0 Å². The van der Waals surface area contributed by atoms with Crippen molar-refractivity contribution < 1.29 is 14.7 Å². The number of benzene rings is 1. The lowest BCUT2D eigenvalue weighted by Crippen LogP contribution is -2.21. The number of hydrogen-bond donors (Lipinski definition) is 1. The molecule has 94 valence electrons. The zero-order chi connectivity index (χ0) is 13.0. The van der Waals surface area contributed by atoms with Gasteiger partial charge < -0.3 is 15.2 Å². The molecule has 0 aliphatic heterocycles. The van der Waals surface area contributed by atoms with E-state index in [1.165, 1.54) is 12.1 Å². The molecule has 0 bridgehead atoms. The summed E-state index contributed by atoms with van der Waals surface area (Å²) in [7, 11) is 0. The first kappa shape index (κ1) is 12.4. The highest BCUT2D eigenvalue weighted by molar-refractivity contribution is 5.96. The molecule has 18 heavy (non-hydrogen) atoms. The van der Waals surface area contributed by atoms with Gasteiger partial charge in [0.25, 0.3) is 0 Å². The number of ketones is 1. The summed E-state index contributed by atoms with van der Waals surface area (Å²) in [5, 5.41) is 13.6. The van der Waals surface area contributed by atoms with E-state index < -0.39 is 5.97 Å². The lowest BCUT2D eigenvalue weighted by atomic mass is 9.94. The third-order valence-corrected chi connectivity index (χ3v) is 2.99. The Kier molecular flexibility index (Phi) is 3.77. The molecule has 4 nitrogen and oxygen atoms in total. The Labute approximate surface area is 105 Å². The van der Waals surface area contributed by atoms with Gasteiger partial charge in [-0.2, -0.15) is 0 Å². The van der Waals surface area contributed by atoms with Crippen LogP contribution in [0, 0.1) is 0 Å². The molecule has 1 fully saturated rings. The standard InChI is InChI=1S/C14H15NO3/c16-13-4-2-1-3-11(13)9-15-12-7-5-10(6-8-12)14(17)18/h5-9,15H,1-4H2,(H,17,18)/p-1/b11-9-. The van der Waals surface area contributed by atoms with Crippen LogP contribution in [0.2, 0.25) is 0 Å². The summed E-state index contributed by atoms with van der Waals surface area (Å²) in [5.74, 6) is -0.998. The van der Waals surface area contributed by atoms with E-state index >= 15 is 0 Å². The molecule has 0 saturated heterocycles. The second-order valence-corrected chi connectivity index (χ2v) is 4.31. The van der Waals surface area contributed by atoms with Gasteiger partial charge >= 0.3 is 0 Å². The molecule has 1 aliphatic rings. The Morgan fingerprint density at radius 1 is 1.17 bits per heavy atom. The minimum atomic E-state index is -1.19. The Balaban J connectivity index is 2.03. The van der Waals surface area contributed by atoms with Crippen molar-refractivity contribution in [1.82, 2.24) is 0 Å². The van der Waals surface area contributed by atoms with Crippen molar-refractivity contribution in [3.8, 4) is 0 Å². The van der Waals surface area contributed by atoms with Crippen molar-refractivity contribution in [2.45, 2.75) is 25.7 Å². The maximum absolute atomic E-state index is 11.6. The number of anilines is 1. The molecule has 4 heteroatoms. The van der Waals surface area contributed by atoms with Crippen LogP contribution in [0.25, 0.3) is 0 Å². The number of Topliss-reactive ketones (excluding diaryl/α,β-unsaturated/α-hetero) is 1. The fourth-order valence-corrected chi connectivity index (χ4v) is 1.93. The minimum absolute atomic E-state index is 0.141. The molecule has 0 heterocycles. The number of carbonyl (C=O) groups is 2. The number of carboxylic acids is 1. The second kappa shape index (κ2) is 5.49. The van der Waals surface area contributed by atoms with E-state index in [9.17, 15) is 14.7 Å². The Bertz CT molecular complexity index is 488. The number of rotatable bonds is 3. The number of carboxylic acid groups (broad SMARTS) is 1. The largest absolute Gasteiger partial charge is 0.545 e. The number of hydrogen-bond acceptors (Lipinski definition) is 4. The maximum Gasteiger partial charge on any atom is 0.160 e. The zero-order valence-corrected chi connectivity index (χ0v) is 9.94. The third-order valence-electron chi connectivity index (χ3n) is 2.99. The van der Waals surface area contributed by atoms with Crippen LogP contribution in [0.3, 0.4) is 0 Å². The average molecular weight is 244 g/mol. The number of carbonyl (C=O) groups excluding carboxylic acids is 2. The molecular formula is C14H14NO3-. The quantitative estimate of drug-likeness (QED) is 0.818. The first-order valence-electron chi connectivity index (χ1n) is 5.97. The van der Waals surface area contributed by atoms with E-state index in [1.807, 2.05) is 0 Å². The highest BCUT2D eigenvalue weighted by Crippen LogP contribution is 2.20. The molecule has 0 aromatic heterocycles. The van der Waals surface area contributed by atoms with E-state index in [0.717, 1.165) is 30.5 Å². The smallest absolute Gasteiger partial charge is 0.160 e. The number of allylic oxidation sites excluding steroid dienone is 1. The van der Waals surface area contributed by atoms with Gasteiger partial charge in [-0.25, -0.2) is 0 Å². The predicted octanol–water partition coefficient (Wildman–Crippen LogP) is 1.49. The highest BCUT2D eigenvalue weighted by Gasteiger charge is 2.14. The van der Waals surface area contributed by atoms with Crippen LogP contribution < -0.4 is 10.4 Å². The van der Waals surface area contributed by atoms with Crippen LogP contribution in [-0.2, 0) is 4.79 Å². The Morgan fingerprint density at radius 3 is 2.44 bits per heavy atom. The van der Waals surface area contributed by atoms with Crippen LogP contribution in [0.4, 0.5) is 5.69 Å². The van der Waals surface area contributed by atoms with Gasteiger partial charge in [0, 0.05) is 23.9 Å². The molecule has 1 aliphatic carbocycles. The summed E-state index contributed by atoms with van der Waals surface area (Å²) in [6, 6.07) is 6.24. The van der Waals surface area contributed by atoms with Crippen molar-refractivity contribution in [3.05, 3.63) is 41.6 Å². The van der Waals surface area contributed by atoms with E-state index in [-0.39, 0.29) is 11.3 Å². The third kappa shape index (κ3) is 2.97. The summed E-state index contributed by atoms with van der Waals surface area (Å²) >= 11 is 0. The number of aromatic carboxylic acids is 1. The molecule has 2 rings (SSSR count). The van der Waals surface area contributed by atoms with E-state index in [4.69, 9.17) is 0 Å². The normalized spacial score (nSPS) is 17.8. The van der Waals surface area contributed by atoms with Crippen molar-refractivity contribution in [2.75, 3.05) is 5.32 Å². The molecule has 1 aromatic rings. The van der Waals surface area contributed by atoms with Crippen LogP contribution in [0.1, 0.15) is 36.0 Å². The summed E-state index contributed by atoms with van der Waals surface area (Å²) in [6.07, 6.45) is 5.16. The van der Waals surface area contributed by atoms with Crippen LogP contribution in [0.5, 0.6) is 0 Å². The molecule has 0 amide bonds. The fraction of sp³-hybridized carbons (Fsp3) is 0.286. The molecule has 0 atom stereocenters. The van der Waals surface area contributed by atoms with E-state index in [0.29, 0.717) is 6.42 Å². The van der Waals surface area contributed by atoms with Gasteiger partial charge in [0.05, 0.1) is 5.97 Å². The van der Waals surface area contributed by atoms with Crippen LogP contribution in [0.15, 0.2) is 36.0 Å². The minimum Gasteiger partial charge on any atom is -0.545 e. The van der Waals surface area contributed by atoms with Gasteiger partial charge in [0.2, 0.25) is 0 Å². The topological polar surface area (TPSA) is 69.2 Å². The summed E-state index contributed by atoms with van der Waals surface area (Å²) in [5.41, 5.74) is 1.71. The predicted molar refractivity (Wildman–Crippen MR) is 66.0 cm³/mol. The monoisotopic (exact) mass is 244 g/mol. The molecule has 1 aromatic carbocycles. The van der Waals surface area contributed by atoms with Crippen molar-refractivity contribution in [3.63, 3.8) is 0 Å². The van der Waals surface area contributed by atoms with Gasteiger partial charge in [-0.05, 0) is 37.0 Å². The SMILES string of the molecule is O=C1CCCC/C1=C/Nc1ccc(C(=O)[O-])cc1. The Morgan fingerprint density at radius 2 is 1.83 bits per heavy atom. The molecular weight excluding hydrogens is 230 g/mol. The van der Waals surface area contributed by atoms with E-state index in [1.54, 1.807) is 18.3 Å². The fourth-order valence-electron chi connectivity index (χ4n) is 1.93. The van der Waals surface area contributed by atoms with Gasteiger partial charge in [-0.3, -0.25) is 4.79 Å². The lowest BCUT2D eigenvalue weighted by molar-refractivity contribution is -0.255. The van der Waals surface area contributed by atoms with Gasteiger partial charge in [-0.1, -0.05) is 12.1 Å². The zero-order valence-electron chi connectivity index (χ0n) is 9.94.